The molecule has 21 heavy (non-hydrogen) atoms. The Morgan fingerprint density at radius 2 is 2.29 bits per heavy atom. The molecule has 1 aromatic heterocycles. The number of aromatic nitrogens is 3. The van der Waals surface area contributed by atoms with Gasteiger partial charge in [-0.2, -0.15) is 5.10 Å². The fourth-order valence-corrected chi connectivity index (χ4v) is 1.86. The zero-order chi connectivity index (χ0) is 15.2. The van der Waals surface area contributed by atoms with E-state index in [1.54, 1.807) is 7.05 Å². The minimum absolute atomic E-state index is 0.0520. The number of urea groups is 1. The van der Waals surface area contributed by atoms with E-state index in [-0.39, 0.29) is 12.6 Å². The number of nitrogens with zero attached hydrogens (tertiary/aromatic N) is 3. The van der Waals surface area contributed by atoms with Crippen LogP contribution in [0.1, 0.15) is 11.4 Å². The summed E-state index contributed by atoms with van der Waals surface area (Å²) in [5.74, 6) is 1.40. The van der Waals surface area contributed by atoms with Crippen LogP contribution in [0.2, 0.25) is 0 Å². The van der Waals surface area contributed by atoms with E-state index in [1.807, 2.05) is 31.2 Å². The summed E-state index contributed by atoms with van der Waals surface area (Å²) in [6.45, 7) is 2.51. The molecule has 0 saturated heterocycles. The lowest BCUT2D eigenvalue weighted by Gasteiger charge is -2.16. The monoisotopic (exact) mass is 289 g/mol. The highest BCUT2D eigenvalue weighted by atomic mass is 16.3. The number of H-pyrrole nitrogens is 1. The number of rotatable bonds is 5. The number of likely N-dealkylation sites (N-methyl/N-ethyl adjacent to an activating group) is 1. The molecule has 0 bridgehead atoms. The van der Waals surface area contributed by atoms with Gasteiger partial charge < -0.3 is 15.3 Å². The first-order chi connectivity index (χ1) is 10.1. The Bertz CT molecular complexity index is 611. The number of aryl methyl sites for hydroxylation is 1. The molecule has 0 unspecified atom stereocenters. The van der Waals surface area contributed by atoms with Crippen molar-refractivity contribution in [3.63, 3.8) is 0 Å². The lowest BCUT2D eigenvalue weighted by atomic mass is 10.1. The van der Waals surface area contributed by atoms with E-state index in [0.29, 0.717) is 18.9 Å². The van der Waals surface area contributed by atoms with Crippen molar-refractivity contribution in [3.05, 3.63) is 35.7 Å². The maximum atomic E-state index is 11.7. The molecular weight excluding hydrogens is 270 g/mol. The first kappa shape index (κ1) is 15.0. The van der Waals surface area contributed by atoms with Crippen LogP contribution >= 0.6 is 0 Å². The number of aliphatic hydroxyl groups excluding tert-OH is 1. The van der Waals surface area contributed by atoms with Crippen LogP contribution in [-0.2, 0) is 6.54 Å². The summed E-state index contributed by atoms with van der Waals surface area (Å²) in [4.78, 5) is 17.5. The van der Waals surface area contributed by atoms with Gasteiger partial charge in [0, 0.05) is 25.7 Å². The number of hydrogen-bond acceptors (Lipinski definition) is 4. The van der Waals surface area contributed by atoms with Crippen LogP contribution in [0.3, 0.4) is 0 Å². The molecule has 0 aliphatic heterocycles. The Morgan fingerprint density at radius 1 is 1.48 bits per heavy atom. The summed E-state index contributed by atoms with van der Waals surface area (Å²) in [7, 11) is 1.64. The topological polar surface area (TPSA) is 94.1 Å². The summed E-state index contributed by atoms with van der Waals surface area (Å²) in [5, 5.41) is 18.5. The fourth-order valence-electron chi connectivity index (χ4n) is 1.86. The normalized spacial score (nSPS) is 10.4. The second-order valence-corrected chi connectivity index (χ2v) is 4.75. The van der Waals surface area contributed by atoms with Gasteiger partial charge in [-0.25, -0.2) is 9.78 Å². The first-order valence-electron chi connectivity index (χ1n) is 6.68. The third kappa shape index (κ3) is 4.03. The largest absolute Gasteiger partial charge is 0.395 e. The lowest BCUT2D eigenvalue weighted by molar-refractivity contribution is 0.190. The Kier molecular flexibility index (Phi) is 4.89. The molecule has 0 saturated carbocycles. The molecule has 3 N–H and O–H groups in total. The van der Waals surface area contributed by atoms with E-state index in [9.17, 15) is 4.79 Å². The van der Waals surface area contributed by atoms with Crippen molar-refractivity contribution in [2.24, 2.45) is 0 Å². The number of carbonyl (C=O) groups is 1. The summed E-state index contributed by atoms with van der Waals surface area (Å²) < 4.78 is 0. The third-order valence-corrected chi connectivity index (χ3v) is 3.01. The van der Waals surface area contributed by atoms with Gasteiger partial charge in [0.05, 0.1) is 6.61 Å². The number of hydrogen-bond donors (Lipinski definition) is 3. The van der Waals surface area contributed by atoms with Crippen LogP contribution in [-0.4, -0.2) is 51.4 Å². The van der Waals surface area contributed by atoms with Crippen LogP contribution in [0.25, 0.3) is 11.4 Å². The summed E-state index contributed by atoms with van der Waals surface area (Å²) in [6, 6.07) is 7.47. The molecule has 1 aromatic carbocycles. The molecular formula is C14H19N5O2. The Hall–Kier alpha value is -2.41. The van der Waals surface area contributed by atoms with Crippen LogP contribution in [0, 0.1) is 6.92 Å². The van der Waals surface area contributed by atoms with E-state index in [4.69, 9.17) is 5.11 Å². The van der Waals surface area contributed by atoms with Crippen molar-refractivity contribution < 1.29 is 9.90 Å². The zero-order valence-corrected chi connectivity index (χ0v) is 12.1. The molecule has 1 heterocycles. The van der Waals surface area contributed by atoms with Crippen LogP contribution in [0.4, 0.5) is 4.79 Å². The second-order valence-electron chi connectivity index (χ2n) is 4.75. The van der Waals surface area contributed by atoms with Crippen LogP contribution in [0.5, 0.6) is 0 Å². The predicted molar refractivity (Wildman–Crippen MR) is 78.5 cm³/mol. The molecule has 0 atom stereocenters. The molecule has 2 aromatic rings. The molecule has 2 rings (SSSR count). The third-order valence-electron chi connectivity index (χ3n) is 3.01. The van der Waals surface area contributed by atoms with Crippen molar-refractivity contribution in [1.29, 1.82) is 0 Å². The Balaban J connectivity index is 2.00. The smallest absolute Gasteiger partial charge is 0.317 e. The first-order valence-corrected chi connectivity index (χ1v) is 6.68. The second kappa shape index (κ2) is 6.85. The van der Waals surface area contributed by atoms with E-state index >= 15 is 0 Å². The number of amides is 2. The number of carbonyl (C=O) groups excluding carboxylic acids is 1. The molecule has 0 aliphatic rings. The average Bonchev–Trinajstić information content (AvgIpc) is 2.92. The number of benzene rings is 1. The van der Waals surface area contributed by atoms with Gasteiger partial charge in [-0.3, -0.25) is 5.10 Å². The van der Waals surface area contributed by atoms with Gasteiger partial charge in [0.15, 0.2) is 5.82 Å². The number of aliphatic hydroxyl groups is 1. The Labute approximate surface area is 123 Å². The predicted octanol–water partition coefficient (Wildman–Crippen LogP) is 0.914. The van der Waals surface area contributed by atoms with E-state index < -0.39 is 0 Å². The molecule has 7 heteroatoms. The minimum atomic E-state index is -0.219. The van der Waals surface area contributed by atoms with Crippen molar-refractivity contribution >= 4 is 6.03 Å². The quantitative estimate of drug-likeness (QED) is 0.762. The number of aromatic amines is 1. The van der Waals surface area contributed by atoms with E-state index in [1.165, 1.54) is 4.90 Å². The van der Waals surface area contributed by atoms with Crippen molar-refractivity contribution in [2.45, 2.75) is 13.5 Å². The highest BCUT2D eigenvalue weighted by molar-refractivity contribution is 5.73. The molecule has 0 fully saturated rings. The Morgan fingerprint density at radius 3 is 2.95 bits per heavy atom. The summed E-state index contributed by atoms with van der Waals surface area (Å²) in [5.41, 5.74) is 1.86. The zero-order valence-electron chi connectivity index (χ0n) is 12.1. The molecule has 0 radical (unpaired) electrons. The highest BCUT2D eigenvalue weighted by Gasteiger charge is 2.08. The van der Waals surface area contributed by atoms with Gasteiger partial charge in [-0.1, -0.05) is 18.2 Å². The fraction of sp³-hybridized carbons (Fsp3) is 0.357. The van der Waals surface area contributed by atoms with Gasteiger partial charge in [0.25, 0.3) is 0 Å². The minimum Gasteiger partial charge on any atom is -0.395 e. The maximum absolute atomic E-state index is 11.7. The van der Waals surface area contributed by atoms with Crippen LogP contribution in [0.15, 0.2) is 24.3 Å². The summed E-state index contributed by atoms with van der Waals surface area (Å²) >= 11 is 0. The highest BCUT2D eigenvalue weighted by Crippen LogP contribution is 2.16. The molecule has 2 amide bonds. The molecule has 0 spiro atoms. The standard InChI is InChI=1S/C14H19N5O2/c1-10-16-13(18-17-10)12-5-3-4-11(8-12)9-15-14(21)19(2)6-7-20/h3-5,8,20H,6-7,9H2,1-2H3,(H,15,21)(H,16,17,18). The number of nitrogens with one attached hydrogen (secondary N) is 2. The maximum Gasteiger partial charge on any atom is 0.317 e. The SMILES string of the molecule is Cc1nc(-c2cccc(CNC(=O)N(C)CCO)c2)n[nH]1. The van der Waals surface area contributed by atoms with Gasteiger partial charge in [-0.05, 0) is 18.6 Å². The molecule has 7 nitrogen and oxygen atoms in total. The van der Waals surface area contributed by atoms with Gasteiger partial charge in [0.2, 0.25) is 0 Å². The van der Waals surface area contributed by atoms with E-state index in [0.717, 1.165) is 17.0 Å². The van der Waals surface area contributed by atoms with Crippen molar-refractivity contribution in [1.82, 2.24) is 25.4 Å². The van der Waals surface area contributed by atoms with Crippen molar-refractivity contribution in [3.8, 4) is 11.4 Å². The molecule has 112 valence electrons. The van der Waals surface area contributed by atoms with E-state index in [2.05, 4.69) is 20.5 Å². The van der Waals surface area contributed by atoms with Gasteiger partial charge in [0.1, 0.15) is 5.82 Å². The molecule has 0 aliphatic carbocycles. The van der Waals surface area contributed by atoms with Crippen molar-refractivity contribution in [2.75, 3.05) is 20.2 Å². The summed E-state index contributed by atoms with van der Waals surface area (Å²) in [6.07, 6.45) is 0. The lowest BCUT2D eigenvalue weighted by Crippen LogP contribution is -2.38. The van der Waals surface area contributed by atoms with Gasteiger partial charge >= 0.3 is 6.03 Å². The van der Waals surface area contributed by atoms with Crippen LogP contribution < -0.4 is 5.32 Å². The average molecular weight is 289 g/mol. The van der Waals surface area contributed by atoms with Gasteiger partial charge in [-0.15, -0.1) is 0 Å².